The van der Waals surface area contributed by atoms with Crippen LogP contribution in [0.15, 0.2) is 0 Å². The van der Waals surface area contributed by atoms with E-state index in [4.69, 9.17) is 20.3 Å². The predicted octanol–water partition coefficient (Wildman–Crippen LogP) is 6.04. The lowest BCUT2D eigenvalue weighted by Gasteiger charge is -2.17. The Bertz CT molecular complexity index is 398. The summed E-state index contributed by atoms with van der Waals surface area (Å²) >= 11 is 1.75. The van der Waals surface area contributed by atoms with Crippen LogP contribution < -0.4 is 5.73 Å². The van der Waals surface area contributed by atoms with Crippen molar-refractivity contribution in [1.29, 1.82) is 0 Å². The van der Waals surface area contributed by atoms with Crippen molar-refractivity contribution in [3.8, 4) is 0 Å². The van der Waals surface area contributed by atoms with E-state index in [1.54, 1.807) is 11.8 Å². The molecule has 182 valence electrons. The molecule has 0 aliphatic carbocycles. The van der Waals surface area contributed by atoms with Crippen molar-refractivity contribution in [3.63, 3.8) is 0 Å². The van der Waals surface area contributed by atoms with Crippen LogP contribution in [0, 0.1) is 0 Å². The van der Waals surface area contributed by atoms with Crippen LogP contribution >= 0.6 is 19.6 Å². The molecule has 6 nitrogen and oxygen atoms in total. The maximum atomic E-state index is 10.8. The van der Waals surface area contributed by atoms with Gasteiger partial charge in [0, 0.05) is 12.3 Å². The topological polar surface area (TPSA) is 102 Å². The zero-order valence-electron chi connectivity index (χ0n) is 19.3. The SMILES string of the molecule is CCCCCCCCCCCCCCCCCSCC(COP(=O)(O)O)OCCN. The van der Waals surface area contributed by atoms with Gasteiger partial charge in [-0.2, -0.15) is 11.8 Å². The summed E-state index contributed by atoms with van der Waals surface area (Å²) in [5.74, 6) is 1.70. The molecule has 8 heteroatoms. The second-order valence-electron chi connectivity index (χ2n) is 8.09. The van der Waals surface area contributed by atoms with Crippen LogP contribution in [0.2, 0.25) is 0 Å². The molecule has 0 amide bonds. The average Bonchev–Trinajstić information content (AvgIpc) is 2.71. The first kappa shape index (κ1) is 30.4. The van der Waals surface area contributed by atoms with E-state index in [2.05, 4.69) is 11.4 Å². The zero-order chi connectivity index (χ0) is 22.3. The normalized spacial score (nSPS) is 13.1. The summed E-state index contributed by atoms with van der Waals surface area (Å²) in [5.41, 5.74) is 5.43. The summed E-state index contributed by atoms with van der Waals surface area (Å²) in [6.07, 6.45) is 20.1. The van der Waals surface area contributed by atoms with Crippen molar-refractivity contribution in [2.75, 3.05) is 31.3 Å². The molecule has 0 aromatic rings. The molecular formula is C22H48NO5PS. The van der Waals surface area contributed by atoms with E-state index in [1.807, 2.05) is 0 Å². The molecule has 0 saturated heterocycles. The van der Waals surface area contributed by atoms with Gasteiger partial charge in [-0.1, -0.05) is 96.8 Å². The Balaban J connectivity index is 3.39. The first-order valence-corrected chi connectivity index (χ1v) is 14.8. The third-order valence-electron chi connectivity index (χ3n) is 5.10. The molecule has 4 N–H and O–H groups in total. The maximum absolute atomic E-state index is 10.8. The molecule has 0 heterocycles. The molecule has 0 radical (unpaired) electrons. The van der Waals surface area contributed by atoms with Gasteiger partial charge in [0.25, 0.3) is 0 Å². The third-order valence-corrected chi connectivity index (χ3v) is 6.77. The Kier molecular flexibility index (Phi) is 22.9. The van der Waals surface area contributed by atoms with E-state index in [0.29, 0.717) is 18.9 Å². The van der Waals surface area contributed by atoms with Gasteiger partial charge in [-0.15, -0.1) is 0 Å². The number of unbranched alkanes of at least 4 members (excludes halogenated alkanes) is 14. The van der Waals surface area contributed by atoms with Crippen molar-refractivity contribution in [1.82, 2.24) is 0 Å². The van der Waals surface area contributed by atoms with Gasteiger partial charge in [0.15, 0.2) is 0 Å². The minimum atomic E-state index is -4.45. The van der Waals surface area contributed by atoms with Crippen LogP contribution in [0.5, 0.6) is 0 Å². The fraction of sp³-hybridized carbons (Fsp3) is 1.00. The van der Waals surface area contributed by atoms with Gasteiger partial charge in [0.2, 0.25) is 0 Å². The van der Waals surface area contributed by atoms with Crippen LogP contribution in [-0.2, 0) is 13.8 Å². The number of hydrogen-bond donors (Lipinski definition) is 3. The molecular weight excluding hydrogens is 421 g/mol. The molecule has 0 fully saturated rings. The Hall–Kier alpha value is 0.380. The summed E-state index contributed by atoms with van der Waals surface area (Å²) in [6, 6.07) is 0. The largest absolute Gasteiger partial charge is 0.469 e. The summed E-state index contributed by atoms with van der Waals surface area (Å²) < 4.78 is 20.9. The Labute approximate surface area is 189 Å². The molecule has 0 aliphatic heterocycles. The molecule has 30 heavy (non-hydrogen) atoms. The molecule has 0 spiro atoms. The summed E-state index contributed by atoms with van der Waals surface area (Å²) in [7, 11) is -4.45. The van der Waals surface area contributed by atoms with Crippen molar-refractivity contribution >= 4 is 19.6 Å². The first-order valence-electron chi connectivity index (χ1n) is 12.1. The minimum absolute atomic E-state index is 0.101. The van der Waals surface area contributed by atoms with Gasteiger partial charge >= 0.3 is 7.82 Å². The van der Waals surface area contributed by atoms with Crippen LogP contribution in [0.4, 0.5) is 0 Å². The molecule has 0 aliphatic rings. The number of nitrogens with two attached hydrogens (primary N) is 1. The Morgan fingerprint density at radius 3 is 1.73 bits per heavy atom. The average molecular weight is 470 g/mol. The van der Waals surface area contributed by atoms with Crippen LogP contribution in [-0.4, -0.2) is 47.2 Å². The van der Waals surface area contributed by atoms with Gasteiger partial charge in [-0.05, 0) is 12.2 Å². The van der Waals surface area contributed by atoms with E-state index in [9.17, 15) is 4.57 Å². The second-order valence-corrected chi connectivity index (χ2v) is 10.5. The quantitative estimate of drug-likeness (QED) is 0.117. The van der Waals surface area contributed by atoms with Crippen molar-refractivity contribution in [2.24, 2.45) is 5.73 Å². The number of phosphoric ester groups is 1. The first-order chi connectivity index (χ1) is 14.5. The predicted molar refractivity (Wildman–Crippen MR) is 129 cm³/mol. The Morgan fingerprint density at radius 2 is 1.30 bits per heavy atom. The molecule has 0 aromatic heterocycles. The van der Waals surface area contributed by atoms with Gasteiger partial charge in [0.05, 0.1) is 19.3 Å². The minimum Gasteiger partial charge on any atom is -0.374 e. The monoisotopic (exact) mass is 469 g/mol. The highest BCUT2D eigenvalue weighted by molar-refractivity contribution is 7.99. The zero-order valence-corrected chi connectivity index (χ0v) is 21.0. The van der Waals surface area contributed by atoms with Crippen molar-refractivity contribution in [2.45, 2.75) is 109 Å². The fourth-order valence-electron chi connectivity index (χ4n) is 3.35. The molecule has 0 bridgehead atoms. The summed E-state index contributed by atoms with van der Waals surface area (Å²) in [6.45, 7) is 2.92. The molecule has 0 rings (SSSR count). The number of thioether (sulfide) groups is 1. The standard InChI is InChI=1S/C22H48NO5PS/c1-2-3-4-5-6-7-8-9-10-11-12-13-14-15-16-19-30-21-22(27-18-17-23)20-28-29(24,25)26/h22H,2-21,23H2,1H3,(H2,24,25,26). The molecule has 0 aromatic carbocycles. The third kappa shape index (κ3) is 24.6. The van der Waals surface area contributed by atoms with Gasteiger partial charge in [-0.3, -0.25) is 4.52 Å². The van der Waals surface area contributed by atoms with Crippen molar-refractivity contribution in [3.05, 3.63) is 0 Å². The van der Waals surface area contributed by atoms with Crippen LogP contribution in [0.3, 0.4) is 0 Å². The van der Waals surface area contributed by atoms with Crippen molar-refractivity contribution < 1.29 is 23.6 Å². The lowest BCUT2D eigenvalue weighted by Crippen LogP contribution is -2.25. The summed E-state index contributed by atoms with van der Waals surface area (Å²) in [4.78, 5) is 17.6. The van der Waals surface area contributed by atoms with E-state index in [-0.39, 0.29) is 12.7 Å². The number of hydrogen-bond acceptors (Lipinski definition) is 5. The summed E-state index contributed by atoms with van der Waals surface area (Å²) in [5, 5.41) is 0. The number of phosphoric acid groups is 1. The van der Waals surface area contributed by atoms with E-state index >= 15 is 0 Å². The highest BCUT2D eigenvalue weighted by Crippen LogP contribution is 2.36. The lowest BCUT2D eigenvalue weighted by atomic mass is 10.0. The Morgan fingerprint density at radius 1 is 0.833 bits per heavy atom. The van der Waals surface area contributed by atoms with Crippen LogP contribution in [0.25, 0.3) is 0 Å². The van der Waals surface area contributed by atoms with E-state index in [0.717, 1.165) is 5.75 Å². The van der Waals surface area contributed by atoms with E-state index in [1.165, 1.54) is 96.3 Å². The van der Waals surface area contributed by atoms with Gasteiger partial charge < -0.3 is 20.3 Å². The maximum Gasteiger partial charge on any atom is 0.469 e. The van der Waals surface area contributed by atoms with Crippen LogP contribution in [0.1, 0.15) is 103 Å². The molecule has 1 unspecified atom stereocenters. The van der Waals surface area contributed by atoms with Gasteiger partial charge in [-0.25, -0.2) is 4.57 Å². The van der Waals surface area contributed by atoms with Gasteiger partial charge in [0.1, 0.15) is 0 Å². The van der Waals surface area contributed by atoms with E-state index < -0.39 is 7.82 Å². The highest BCUT2D eigenvalue weighted by atomic mass is 32.2. The lowest BCUT2D eigenvalue weighted by molar-refractivity contribution is 0.0303. The number of rotatable bonds is 24. The fourth-order valence-corrected chi connectivity index (χ4v) is 4.74. The smallest absolute Gasteiger partial charge is 0.374 e. The number of ether oxygens (including phenoxy) is 1. The second kappa shape index (κ2) is 22.6. The molecule has 0 saturated carbocycles. The highest BCUT2D eigenvalue weighted by Gasteiger charge is 2.18. The molecule has 1 atom stereocenters.